The minimum Gasteiger partial charge on any atom is -0.447 e. The van der Waals surface area contributed by atoms with Crippen LogP contribution in [0, 0.1) is 11.3 Å². The molecule has 3 aromatic rings. The fraction of sp³-hybridized carbons (Fsp3) is 0.263. The number of para-hydroxylation sites is 1. The van der Waals surface area contributed by atoms with Gasteiger partial charge in [-0.2, -0.15) is 5.26 Å². The van der Waals surface area contributed by atoms with E-state index in [-0.39, 0.29) is 24.6 Å². The van der Waals surface area contributed by atoms with Crippen LogP contribution in [0.3, 0.4) is 0 Å². The molecule has 3 rings (SSSR count). The van der Waals surface area contributed by atoms with Gasteiger partial charge in [0.05, 0.1) is 22.7 Å². The van der Waals surface area contributed by atoms with E-state index in [0.29, 0.717) is 10.8 Å². The Balaban J connectivity index is 1.68. The fourth-order valence-electron chi connectivity index (χ4n) is 2.45. The number of benzene rings is 1. The molecule has 1 amide bonds. The van der Waals surface area contributed by atoms with E-state index in [1.807, 2.05) is 30.3 Å². The summed E-state index contributed by atoms with van der Waals surface area (Å²) in [5, 5.41) is 9.24. The Morgan fingerprint density at radius 2 is 2.11 bits per heavy atom. The summed E-state index contributed by atoms with van der Waals surface area (Å²) in [6.07, 6.45) is -0.760. The first kappa shape index (κ1) is 18.6. The van der Waals surface area contributed by atoms with Crippen molar-refractivity contribution in [1.29, 1.82) is 5.26 Å². The van der Waals surface area contributed by atoms with Gasteiger partial charge in [-0.25, -0.2) is 9.78 Å². The minimum absolute atomic E-state index is 0.00332. The van der Waals surface area contributed by atoms with Gasteiger partial charge in [0.2, 0.25) is 5.76 Å². The molecule has 0 aliphatic rings. The standard InChI is InChI=1S/C19H17N3O4S/c1-12(18(23)22(2)11-5-10-20)25-19(24)15-9-8-14(26-15)17-21-13-6-3-4-7-16(13)27-17/h3-4,6-9,12H,5,11H2,1-2H3/t12-/m1/s1. The summed E-state index contributed by atoms with van der Waals surface area (Å²) in [4.78, 5) is 30.2. The molecule has 0 unspecified atom stereocenters. The number of thiazole rings is 1. The second-order valence-electron chi connectivity index (χ2n) is 5.87. The highest BCUT2D eigenvalue weighted by Crippen LogP contribution is 2.31. The second kappa shape index (κ2) is 8.01. The number of ether oxygens (including phenoxy) is 1. The summed E-state index contributed by atoms with van der Waals surface area (Å²) in [5.74, 6) is -0.634. The van der Waals surface area contributed by atoms with E-state index in [1.165, 1.54) is 29.2 Å². The smallest absolute Gasteiger partial charge is 0.375 e. The average Bonchev–Trinajstić information content (AvgIpc) is 3.31. The number of esters is 1. The Labute approximate surface area is 159 Å². The Morgan fingerprint density at radius 3 is 2.85 bits per heavy atom. The molecular formula is C19H17N3O4S. The summed E-state index contributed by atoms with van der Waals surface area (Å²) in [6, 6.07) is 12.8. The maximum Gasteiger partial charge on any atom is 0.375 e. The third-order valence-corrected chi connectivity index (χ3v) is 4.93. The molecule has 138 valence electrons. The van der Waals surface area contributed by atoms with E-state index in [2.05, 4.69) is 4.98 Å². The van der Waals surface area contributed by atoms with Crippen molar-refractivity contribution in [3.63, 3.8) is 0 Å². The molecule has 0 radical (unpaired) electrons. The van der Waals surface area contributed by atoms with Gasteiger partial charge in [-0.05, 0) is 31.2 Å². The van der Waals surface area contributed by atoms with Gasteiger partial charge in [0.1, 0.15) is 0 Å². The molecule has 0 aliphatic heterocycles. The molecule has 1 atom stereocenters. The molecule has 27 heavy (non-hydrogen) atoms. The quantitative estimate of drug-likeness (QED) is 0.605. The van der Waals surface area contributed by atoms with Crippen molar-refractivity contribution < 1.29 is 18.7 Å². The van der Waals surface area contributed by atoms with Crippen LogP contribution >= 0.6 is 11.3 Å². The highest BCUT2D eigenvalue weighted by Gasteiger charge is 2.24. The number of amides is 1. The Morgan fingerprint density at radius 1 is 1.33 bits per heavy atom. The molecule has 0 fully saturated rings. The van der Waals surface area contributed by atoms with Crippen LogP contribution < -0.4 is 0 Å². The van der Waals surface area contributed by atoms with Gasteiger partial charge in [-0.3, -0.25) is 4.79 Å². The number of nitriles is 1. The van der Waals surface area contributed by atoms with Gasteiger partial charge in [0.15, 0.2) is 16.9 Å². The summed E-state index contributed by atoms with van der Waals surface area (Å²) in [7, 11) is 1.56. The van der Waals surface area contributed by atoms with Crippen molar-refractivity contribution >= 4 is 33.4 Å². The number of hydrogen-bond donors (Lipinski definition) is 0. The van der Waals surface area contributed by atoms with Crippen LogP contribution in [0.25, 0.3) is 21.0 Å². The van der Waals surface area contributed by atoms with Gasteiger partial charge in [0, 0.05) is 13.6 Å². The molecule has 8 heteroatoms. The van der Waals surface area contributed by atoms with Crippen LogP contribution in [0.1, 0.15) is 23.9 Å². The van der Waals surface area contributed by atoms with E-state index in [9.17, 15) is 9.59 Å². The van der Waals surface area contributed by atoms with Crippen molar-refractivity contribution in [2.45, 2.75) is 19.4 Å². The van der Waals surface area contributed by atoms with Crippen molar-refractivity contribution in [1.82, 2.24) is 9.88 Å². The first-order chi connectivity index (χ1) is 13.0. The lowest BCUT2D eigenvalue weighted by Crippen LogP contribution is -2.37. The average molecular weight is 383 g/mol. The van der Waals surface area contributed by atoms with Crippen molar-refractivity contribution in [2.75, 3.05) is 13.6 Å². The lowest BCUT2D eigenvalue weighted by atomic mass is 10.3. The highest BCUT2D eigenvalue weighted by atomic mass is 32.1. The van der Waals surface area contributed by atoms with Crippen molar-refractivity contribution in [2.24, 2.45) is 0 Å². The zero-order valence-electron chi connectivity index (χ0n) is 14.8. The largest absolute Gasteiger partial charge is 0.447 e. The number of carbonyl (C=O) groups excluding carboxylic acids is 2. The third-order valence-electron chi connectivity index (χ3n) is 3.88. The number of aromatic nitrogens is 1. The van der Waals surface area contributed by atoms with Crippen molar-refractivity contribution in [3.8, 4) is 16.8 Å². The van der Waals surface area contributed by atoms with Gasteiger partial charge >= 0.3 is 5.97 Å². The van der Waals surface area contributed by atoms with Crippen LogP contribution in [0.2, 0.25) is 0 Å². The van der Waals surface area contributed by atoms with Crippen LogP contribution in [-0.2, 0) is 9.53 Å². The number of nitrogens with zero attached hydrogens (tertiary/aromatic N) is 3. The zero-order chi connectivity index (χ0) is 19.4. The maximum absolute atomic E-state index is 12.3. The predicted octanol–water partition coefficient (Wildman–Crippen LogP) is 3.47. The molecule has 7 nitrogen and oxygen atoms in total. The molecular weight excluding hydrogens is 366 g/mol. The topological polar surface area (TPSA) is 96.4 Å². The third kappa shape index (κ3) is 4.15. The van der Waals surface area contributed by atoms with Gasteiger partial charge in [-0.1, -0.05) is 12.1 Å². The maximum atomic E-state index is 12.3. The Bertz CT molecular complexity index is 984. The van der Waals surface area contributed by atoms with Crippen LogP contribution in [0.15, 0.2) is 40.8 Å². The molecule has 0 aliphatic carbocycles. The minimum atomic E-state index is -0.975. The molecule has 1 aromatic carbocycles. The van der Waals surface area contributed by atoms with Gasteiger partial charge in [-0.15, -0.1) is 11.3 Å². The molecule has 0 N–H and O–H groups in total. The van der Waals surface area contributed by atoms with Crippen LogP contribution in [0.4, 0.5) is 0 Å². The SMILES string of the molecule is C[C@@H](OC(=O)c1ccc(-c2nc3ccccc3s2)o1)C(=O)N(C)CCC#N. The molecule has 2 aromatic heterocycles. The molecule has 0 saturated heterocycles. The number of rotatable bonds is 6. The number of furan rings is 1. The summed E-state index contributed by atoms with van der Waals surface area (Å²) < 4.78 is 11.8. The fourth-order valence-corrected chi connectivity index (χ4v) is 3.37. The van der Waals surface area contributed by atoms with E-state index in [4.69, 9.17) is 14.4 Å². The summed E-state index contributed by atoms with van der Waals surface area (Å²) in [6.45, 7) is 1.76. The number of fused-ring (bicyclic) bond motifs is 1. The Kier molecular flexibility index (Phi) is 5.52. The molecule has 2 heterocycles. The molecule has 0 spiro atoms. The first-order valence-corrected chi connectivity index (χ1v) is 9.10. The lowest BCUT2D eigenvalue weighted by molar-refractivity contribution is -0.138. The van der Waals surface area contributed by atoms with Crippen molar-refractivity contribution in [3.05, 3.63) is 42.2 Å². The molecule has 0 saturated carbocycles. The number of hydrogen-bond acceptors (Lipinski definition) is 7. The summed E-state index contributed by atoms with van der Waals surface area (Å²) >= 11 is 1.46. The summed E-state index contributed by atoms with van der Waals surface area (Å²) in [5.41, 5.74) is 0.859. The monoisotopic (exact) mass is 383 g/mol. The second-order valence-corrected chi connectivity index (χ2v) is 6.90. The zero-order valence-corrected chi connectivity index (χ0v) is 15.7. The lowest BCUT2D eigenvalue weighted by Gasteiger charge is -2.20. The van der Waals surface area contributed by atoms with E-state index >= 15 is 0 Å². The predicted molar refractivity (Wildman–Crippen MR) is 100 cm³/mol. The van der Waals surface area contributed by atoms with Crippen LogP contribution in [-0.4, -0.2) is 41.5 Å². The van der Waals surface area contributed by atoms with Gasteiger partial charge in [0.25, 0.3) is 5.91 Å². The van der Waals surface area contributed by atoms with E-state index in [1.54, 1.807) is 13.1 Å². The van der Waals surface area contributed by atoms with E-state index < -0.39 is 12.1 Å². The highest BCUT2D eigenvalue weighted by molar-refractivity contribution is 7.21. The normalized spacial score (nSPS) is 11.7. The molecule has 0 bridgehead atoms. The van der Waals surface area contributed by atoms with Crippen LogP contribution in [0.5, 0.6) is 0 Å². The first-order valence-electron chi connectivity index (χ1n) is 8.28. The van der Waals surface area contributed by atoms with E-state index in [0.717, 1.165) is 10.2 Å². The number of carbonyl (C=O) groups is 2. The number of likely N-dealkylation sites (N-methyl/N-ethyl adjacent to an activating group) is 1. The Hall–Kier alpha value is -3.18. The van der Waals surface area contributed by atoms with Gasteiger partial charge < -0.3 is 14.1 Å².